The monoisotopic (exact) mass is 344 g/mol. The van der Waals surface area contributed by atoms with Gasteiger partial charge >= 0.3 is 0 Å². The predicted octanol–water partition coefficient (Wildman–Crippen LogP) is 1.95. The Balaban J connectivity index is 0.00000264. The third kappa shape index (κ3) is 4.20. The minimum atomic E-state index is -0.0302. The first-order valence-corrected chi connectivity index (χ1v) is 7.43. The molecule has 1 heterocycles. The van der Waals surface area contributed by atoms with Crippen LogP contribution in [0.2, 0.25) is 0 Å². The van der Waals surface area contributed by atoms with Gasteiger partial charge in [-0.1, -0.05) is 0 Å². The molecule has 7 heteroatoms. The van der Waals surface area contributed by atoms with Crippen LogP contribution in [0.4, 0.5) is 0 Å². The summed E-state index contributed by atoms with van der Waals surface area (Å²) in [4.78, 5) is 14.6. The van der Waals surface area contributed by atoms with E-state index in [1.54, 1.807) is 19.2 Å². The highest BCUT2D eigenvalue weighted by atomic mass is 35.5. The van der Waals surface area contributed by atoms with E-state index in [2.05, 4.69) is 0 Å². The van der Waals surface area contributed by atoms with Crippen molar-refractivity contribution in [1.82, 2.24) is 4.90 Å². The topological polar surface area (TPSA) is 74.0 Å². The van der Waals surface area contributed by atoms with Crippen molar-refractivity contribution in [2.75, 3.05) is 41.0 Å². The van der Waals surface area contributed by atoms with E-state index in [-0.39, 0.29) is 18.3 Å². The van der Waals surface area contributed by atoms with Crippen molar-refractivity contribution >= 4 is 18.3 Å². The maximum atomic E-state index is 12.7. The van der Waals surface area contributed by atoms with Gasteiger partial charge in [0.2, 0.25) is 5.75 Å². The standard InChI is InChI=1S/C16H24N2O4.ClH/c1-20-13-7-12(8-14(21-2)15(13)22-3)16(19)18-6-4-5-11(9-17)10-18;/h7-8,11H,4-6,9-10,17H2,1-3H3;1H. The van der Waals surface area contributed by atoms with Crippen LogP contribution in [-0.2, 0) is 0 Å². The van der Waals surface area contributed by atoms with Crippen molar-refractivity contribution in [3.63, 3.8) is 0 Å². The number of carbonyl (C=O) groups excluding carboxylic acids is 1. The molecule has 130 valence electrons. The molecule has 23 heavy (non-hydrogen) atoms. The SMILES string of the molecule is COc1cc(C(=O)N2CCCC(CN)C2)cc(OC)c1OC.Cl. The molecule has 1 amide bonds. The van der Waals surface area contributed by atoms with E-state index in [0.29, 0.717) is 41.8 Å². The van der Waals surface area contributed by atoms with Gasteiger partial charge in [-0.2, -0.15) is 0 Å². The number of ether oxygens (including phenoxy) is 3. The number of nitrogens with zero attached hydrogens (tertiary/aromatic N) is 1. The Morgan fingerprint density at radius 1 is 1.22 bits per heavy atom. The van der Waals surface area contributed by atoms with Crippen LogP contribution in [0.3, 0.4) is 0 Å². The van der Waals surface area contributed by atoms with Gasteiger partial charge in [0, 0.05) is 18.7 Å². The number of piperidine rings is 1. The van der Waals surface area contributed by atoms with E-state index in [1.807, 2.05) is 4.90 Å². The third-order valence-corrected chi connectivity index (χ3v) is 4.05. The fourth-order valence-corrected chi connectivity index (χ4v) is 2.83. The lowest BCUT2D eigenvalue weighted by Crippen LogP contribution is -2.42. The maximum absolute atomic E-state index is 12.7. The van der Waals surface area contributed by atoms with Gasteiger partial charge in [-0.25, -0.2) is 0 Å². The van der Waals surface area contributed by atoms with E-state index < -0.39 is 0 Å². The summed E-state index contributed by atoms with van der Waals surface area (Å²) in [6.45, 7) is 2.07. The lowest BCUT2D eigenvalue weighted by Gasteiger charge is -2.32. The van der Waals surface area contributed by atoms with E-state index in [9.17, 15) is 4.79 Å². The molecule has 0 spiro atoms. The fourth-order valence-electron chi connectivity index (χ4n) is 2.83. The fraction of sp³-hybridized carbons (Fsp3) is 0.562. The zero-order chi connectivity index (χ0) is 16.1. The molecule has 6 nitrogen and oxygen atoms in total. The molecule has 1 aliphatic heterocycles. The zero-order valence-electron chi connectivity index (χ0n) is 13.8. The number of methoxy groups -OCH3 is 3. The van der Waals surface area contributed by atoms with Gasteiger partial charge in [-0.05, 0) is 37.4 Å². The number of hydrogen-bond acceptors (Lipinski definition) is 5. The molecule has 2 rings (SSSR count). The Morgan fingerprint density at radius 2 is 1.83 bits per heavy atom. The van der Waals surface area contributed by atoms with Gasteiger partial charge < -0.3 is 24.8 Å². The summed E-state index contributed by atoms with van der Waals surface area (Å²) in [7, 11) is 4.62. The Bertz CT molecular complexity index is 514. The molecule has 1 aromatic carbocycles. The van der Waals surface area contributed by atoms with Gasteiger partial charge in [-0.3, -0.25) is 4.79 Å². The van der Waals surface area contributed by atoms with Crippen LogP contribution >= 0.6 is 12.4 Å². The van der Waals surface area contributed by atoms with Crippen molar-refractivity contribution in [2.45, 2.75) is 12.8 Å². The first kappa shape index (κ1) is 19.4. The highest BCUT2D eigenvalue weighted by molar-refractivity contribution is 5.95. The molecule has 1 fully saturated rings. The Hall–Kier alpha value is -1.66. The molecule has 1 aromatic rings. The number of benzene rings is 1. The summed E-state index contributed by atoms with van der Waals surface area (Å²) in [5, 5.41) is 0. The van der Waals surface area contributed by atoms with Crippen LogP contribution in [0, 0.1) is 5.92 Å². The van der Waals surface area contributed by atoms with Crippen molar-refractivity contribution < 1.29 is 19.0 Å². The number of carbonyl (C=O) groups is 1. The predicted molar refractivity (Wildman–Crippen MR) is 91.0 cm³/mol. The average Bonchev–Trinajstić information content (AvgIpc) is 2.59. The van der Waals surface area contributed by atoms with Crippen LogP contribution in [-0.4, -0.2) is 51.8 Å². The molecule has 0 aromatic heterocycles. The molecule has 1 saturated heterocycles. The number of nitrogens with two attached hydrogens (primary N) is 1. The second kappa shape index (κ2) is 8.84. The number of rotatable bonds is 5. The highest BCUT2D eigenvalue weighted by Gasteiger charge is 2.25. The summed E-state index contributed by atoms with van der Waals surface area (Å²) in [5.74, 6) is 1.80. The smallest absolute Gasteiger partial charge is 0.254 e. The zero-order valence-corrected chi connectivity index (χ0v) is 14.6. The van der Waals surface area contributed by atoms with Gasteiger partial charge in [0.1, 0.15) is 0 Å². The van der Waals surface area contributed by atoms with Crippen molar-refractivity contribution in [1.29, 1.82) is 0 Å². The second-order valence-corrected chi connectivity index (χ2v) is 5.41. The summed E-state index contributed by atoms with van der Waals surface area (Å²) >= 11 is 0. The van der Waals surface area contributed by atoms with Crippen molar-refractivity contribution in [2.24, 2.45) is 11.7 Å². The lowest BCUT2D eigenvalue weighted by molar-refractivity contribution is 0.0677. The quantitative estimate of drug-likeness (QED) is 0.883. The van der Waals surface area contributed by atoms with Gasteiger partial charge in [0.05, 0.1) is 21.3 Å². The Morgan fingerprint density at radius 3 is 2.30 bits per heavy atom. The molecule has 0 saturated carbocycles. The molecule has 0 aliphatic carbocycles. The molecule has 2 N–H and O–H groups in total. The van der Waals surface area contributed by atoms with E-state index in [4.69, 9.17) is 19.9 Å². The molecule has 1 aliphatic rings. The van der Waals surface area contributed by atoms with Crippen LogP contribution in [0.25, 0.3) is 0 Å². The van der Waals surface area contributed by atoms with Gasteiger partial charge in [0.15, 0.2) is 11.5 Å². The minimum absolute atomic E-state index is 0. The van der Waals surface area contributed by atoms with Gasteiger partial charge in [-0.15, -0.1) is 12.4 Å². The summed E-state index contributed by atoms with van der Waals surface area (Å²) in [6.07, 6.45) is 2.06. The summed E-state index contributed by atoms with van der Waals surface area (Å²) < 4.78 is 15.9. The first-order valence-electron chi connectivity index (χ1n) is 7.43. The number of hydrogen-bond donors (Lipinski definition) is 1. The van der Waals surface area contributed by atoms with Crippen LogP contribution < -0.4 is 19.9 Å². The molecule has 0 radical (unpaired) electrons. The van der Waals surface area contributed by atoms with Crippen LogP contribution in [0.15, 0.2) is 12.1 Å². The van der Waals surface area contributed by atoms with E-state index in [1.165, 1.54) is 14.2 Å². The van der Waals surface area contributed by atoms with Crippen LogP contribution in [0.1, 0.15) is 23.2 Å². The second-order valence-electron chi connectivity index (χ2n) is 5.41. The average molecular weight is 345 g/mol. The summed E-state index contributed by atoms with van der Waals surface area (Å²) in [5.41, 5.74) is 6.27. The largest absolute Gasteiger partial charge is 0.493 e. The maximum Gasteiger partial charge on any atom is 0.254 e. The van der Waals surface area contributed by atoms with E-state index in [0.717, 1.165) is 19.4 Å². The number of halogens is 1. The lowest BCUT2D eigenvalue weighted by atomic mass is 9.97. The molecule has 0 bridgehead atoms. The van der Waals surface area contributed by atoms with Crippen molar-refractivity contribution in [3.05, 3.63) is 17.7 Å². The van der Waals surface area contributed by atoms with Crippen LogP contribution in [0.5, 0.6) is 17.2 Å². The minimum Gasteiger partial charge on any atom is -0.493 e. The Labute approximate surface area is 143 Å². The highest BCUT2D eigenvalue weighted by Crippen LogP contribution is 2.38. The van der Waals surface area contributed by atoms with Gasteiger partial charge in [0.25, 0.3) is 5.91 Å². The van der Waals surface area contributed by atoms with E-state index >= 15 is 0 Å². The first-order chi connectivity index (χ1) is 10.6. The molecule has 1 atom stereocenters. The third-order valence-electron chi connectivity index (χ3n) is 4.05. The normalized spacial score (nSPS) is 17.2. The molecular formula is C16H25ClN2O4. The Kier molecular flexibility index (Phi) is 7.45. The molecular weight excluding hydrogens is 320 g/mol. The van der Waals surface area contributed by atoms with Crippen molar-refractivity contribution in [3.8, 4) is 17.2 Å². The number of amides is 1. The summed E-state index contributed by atoms with van der Waals surface area (Å²) in [6, 6.07) is 3.38. The molecule has 1 unspecified atom stereocenters. The number of likely N-dealkylation sites (tertiary alicyclic amines) is 1.